The van der Waals surface area contributed by atoms with E-state index in [0.717, 1.165) is 131 Å². The van der Waals surface area contributed by atoms with Crippen LogP contribution in [0.3, 0.4) is 0 Å². The molecule has 0 fully saturated rings. The second-order valence-electron chi connectivity index (χ2n) is 19.6. The van der Waals surface area contributed by atoms with Gasteiger partial charge in [-0.05, 0) is 94.5 Å². The molecule has 0 N–H and O–H groups in total. The van der Waals surface area contributed by atoms with Gasteiger partial charge in [-0.15, -0.1) is 0 Å². The predicted molar refractivity (Wildman–Crippen MR) is 283 cm³/mol. The molecule has 0 aliphatic heterocycles. The number of hydrogen-bond acceptors (Lipinski definition) is 6. The molecule has 372 valence electrons. The first-order chi connectivity index (χ1) is 33.5. The van der Waals surface area contributed by atoms with Gasteiger partial charge in [0, 0.05) is 36.8 Å². The highest BCUT2D eigenvalue weighted by molar-refractivity contribution is 5.78. The van der Waals surface area contributed by atoms with Crippen molar-refractivity contribution in [1.29, 1.82) is 0 Å². The molecule has 4 aromatic rings. The number of para-hydroxylation sites is 2. The Bertz CT molecular complexity index is 1830. The third kappa shape index (κ3) is 18.1. The van der Waals surface area contributed by atoms with E-state index < -0.39 is 0 Å². The minimum Gasteiger partial charge on any atom is -0.493 e. The second-order valence-corrected chi connectivity index (χ2v) is 19.6. The van der Waals surface area contributed by atoms with Crippen molar-refractivity contribution < 1.29 is 28.5 Å². The molecule has 8 bridgehead atoms. The van der Waals surface area contributed by atoms with Crippen LogP contribution in [0.1, 0.15) is 247 Å². The van der Waals surface area contributed by atoms with Crippen molar-refractivity contribution in [2.24, 2.45) is 0 Å². The average Bonchev–Trinajstić information content (AvgIpc) is 3.34. The van der Waals surface area contributed by atoms with Gasteiger partial charge in [0.2, 0.25) is 0 Å². The summed E-state index contributed by atoms with van der Waals surface area (Å²) in [5.74, 6) is 3.48. The first-order valence-electron chi connectivity index (χ1n) is 27.5. The second kappa shape index (κ2) is 32.3. The fourth-order valence-electron chi connectivity index (χ4n) is 9.85. The van der Waals surface area contributed by atoms with Gasteiger partial charge in [-0.2, -0.15) is 0 Å². The van der Waals surface area contributed by atoms with Gasteiger partial charge in [-0.3, -0.25) is 9.59 Å². The van der Waals surface area contributed by atoms with Crippen LogP contribution >= 0.6 is 0 Å². The van der Waals surface area contributed by atoms with Crippen molar-refractivity contribution in [1.82, 2.24) is 0 Å². The van der Waals surface area contributed by atoms with Gasteiger partial charge in [0.05, 0.1) is 26.4 Å². The average molecular weight is 929 g/mol. The topological polar surface area (TPSA) is 71.1 Å². The lowest BCUT2D eigenvalue weighted by Gasteiger charge is -2.23. The molecule has 1 aliphatic carbocycles. The summed E-state index contributed by atoms with van der Waals surface area (Å²) in [5, 5.41) is 0. The molecule has 0 aromatic heterocycles. The van der Waals surface area contributed by atoms with Crippen molar-refractivity contribution in [2.75, 3.05) is 26.4 Å². The summed E-state index contributed by atoms with van der Waals surface area (Å²) in [6.45, 7) is 11.5. The largest absolute Gasteiger partial charge is 0.493 e. The van der Waals surface area contributed by atoms with Crippen LogP contribution in [-0.2, 0) is 25.7 Å². The van der Waals surface area contributed by atoms with Crippen molar-refractivity contribution in [3.8, 4) is 23.0 Å². The van der Waals surface area contributed by atoms with Crippen molar-refractivity contribution >= 4 is 12.6 Å². The normalized spacial score (nSPS) is 12.2. The van der Waals surface area contributed by atoms with Crippen LogP contribution in [0, 0.1) is 0 Å². The van der Waals surface area contributed by atoms with Crippen LogP contribution in [0.25, 0.3) is 0 Å². The van der Waals surface area contributed by atoms with Gasteiger partial charge in [0.1, 0.15) is 35.6 Å². The monoisotopic (exact) mass is 929 g/mol. The highest BCUT2D eigenvalue weighted by Crippen LogP contribution is 2.40. The van der Waals surface area contributed by atoms with Gasteiger partial charge in [0.15, 0.2) is 0 Å². The Morgan fingerprint density at radius 1 is 0.324 bits per heavy atom. The van der Waals surface area contributed by atoms with E-state index in [1.54, 1.807) is 0 Å². The highest BCUT2D eigenvalue weighted by atomic mass is 16.5. The van der Waals surface area contributed by atoms with Crippen LogP contribution in [0.4, 0.5) is 0 Å². The molecule has 5 rings (SSSR count). The molecule has 0 atom stereocenters. The molecule has 0 heterocycles. The molecule has 0 radical (unpaired) electrons. The number of ether oxygens (including phenoxy) is 4. The maximum atomic E-state index is 12.8. The third-order valence-corrected chi connectivity index (χ3v) is 13.7. The van der Waals surface area contributed by atoms with Crippen LogP contribution in [-0.4, -0.2) is 39.0 Å². The summed E-state index contributed by atoms with van der Waals surface area (Å²) in [7, 11) is 0. The van der Waals surface area contributed by atoms with Crippen molar-refractivity contribution in [3.63, 3.8) is 0 Å². The summed E-state index contributed by atoms with van der Waals surface area (Å²) >= 11 is 0. The molecule has 0 saturated heterocycles. The predicted octanol–water partition coefficient (Wildman–Crippen LogP) is 16.9. The zero-order valence-electron chi connectivity index (χ0n) is 43.0. The lowest BCUT2D eigenvalue weighted by molar-refractivity contribution is 0.111. The number of hydrogen-bond donors (Lipinski definition) is 0. The first-order valence-corrected chi connectivity index (χ1v) is 27.5. The van der Waals surface area contributed by atoms with Gasteiger partial charge >= 0.3 is 0 Å². The van der Waals surface area contributed by atoms with Crippen molar-refractivity contribution in [2.45, 2.75) is 207 Å². The lowest BCUT2D eigenvalue weighted by Crippen LogP contribution is -2.11. The Hall–Kier alpha value is -4.58. The van der Waals surface area contributed by atoms with E-state index in [2.05, 4.69) is 64.1 Å². The molecule has 0 amide bonds. The molecular weight excluding hydrogens is 841 g/mol. The van der Waals surface area contributed by atoms with E-state index in [-0.39, 0.29) is 0 Å². The Kier molecular flexibility index (Phi) is 25.8. The highest BCUT2D eigenvalue weighted by Gasteiger charge is 2.23. The van der Waals surface area contributed by atoms with Gasteiger partial charge in [-0.1, -0.05) is 193 Å². The zero-order valence-corrected chi connectivity index (χ0v) is 43.0. The maximum absolute atomic E-state index is 12.8. The van der Waals surface area contributed by atoms with Crippen LogP contribution < -0.4 is 18.9 Å². The van der Waals surface area contributed by atoms with Gasteiger partial charge in [-0.25, -0.2) is 0 Å². The minimum atomic E-state index is 0.544. The van der Waals surface area contributed by atoms with E-state index in [4.69, 9.17) is 18.9 Å². The summed E-state index contributed by atoms with van der Waals surface area (Å²) in [5.41, 5.74) is 9.48. The Balaban J connectivity index is 1.64. The molecule has 0 spiro atoms. The van der Waals surface area contributed by atoms with Crippen LogP contribution in [0.5, 0.6) is 23.0 Å². The maximum Gasteiger partial charge on any atom is 0.150 e. The molecule has 0 unspecified atom stereocenters. The minimum absolute atomic E-state index is 0.544. The Morgan fingerprint density at radius 2 is 0.544 bits per heavy atom. The van der Waals surface area contributed by atoms with E-state index in [9.17, 15) is 9.59 Å². The molecule has 0 saturated carbocycles. The number of aldehydes is 2. The number of fused-ring (bicyclic) bond motifs is 8. The Morgan fingerprint density at radius 3 is 0.779 bits per heavy atom. The summed E-state index contributed by atoms with van der Waals surface area (Å²) < 4.78 is 27.7. The smallest absolute Gasteiger partial charge is 0.150 e. The van der Waals surface area contributed by atoms with Gasteiger partial charge in [0.25, 0.3) is 0 Å². The molecule has 68 heavy (non-hydrogen) atoms. The van der Waals surface area contributed by atoms with E-state index >= 15 is 0 Å². The lowest BCUT2D eigenvalue weighted by atomic mass is 9.90. The first kappa shape index (κ1) is 54.4. The van der Waals surface area contributed by atoms with E-state index in [0.29, 0.717) is 63.2 Å². The summed E-state index contributed by atoms with van der Waals surface area (Å²) in [6.07, 6.45) is 32.4. The number of benzene rings is 4. The fourth-order valence-corrected chi connectivity index (χ4v) is 9.85. The third-order valence-electron chi connectivity index (χ3n) is 13.7. The van der Waals surface area contributed by atoms with Crippen molar-refractivity contribution in [3.05, 3.63) is 116 Å². The number of unbranched alkanes of at least 4 members (excludes halogenated alkanes) is 20. The quantitative estimate of drug-likeness (QED) is 0.0302. The number of carbonyl (C=O) groups excluding carboxylic acids is 2. The van der Waals surface area contributed by atoms with Crippen LogP contribution in [0.2, 0.25) is 0 Å². The molecule has 6 nitrogen and oxygen atoms in total. The SMILES string of the molecule is CCCCCCCCOc1c2cccc1Cc1cc(C=O)cc(c1OCCCCCCCC)Cc1cccc(c1OCCCCCCCC)Cc1cc(C=O)cc(c1OCCCCCCCC)C2. The zero-order chi connectivity index (χ0) is 48.0. The van der Waals surface area contributed by atoms with Crippen LogP contribution in [0.15, 0.2) is 60.7 Å². The molecular formula is C62H88O6. The van der Waals surface area contributed by atoms with Gasteiger partial charge < -0.3 is 18.9 Å². The summed E-state index contributed by atoms with van der Waals surface area (Å²) in [6, 6.07) is 21.1. The van der Waals surface area contributed by atoms with E-state index in [1.165, 1.54) is 103 Å². The van der Waals surface area contributed by atoms with E-state index in [1.807, 2.05) is 24.3 Å². The molecule has 6 heteroatoms. The summed E-state index contributed by atoms with van der Waals surface area (Å²) in [4.78, 5) is 25.7. The molecule has 1 aliphatic rings. The standard InChI is InChI=1S/C62H88O6/c1-5-9-13-17-21-25-35-65-59-51-31-29-32-52(59)44-56-40-50(48-64)42-58(62(56)68-38-28-24-20-16-12-8-4)46-54-34-30-33-53(60(54)66-36-26-22-18-14-10-6-2)45-57-41-49(47-63)39-55(43-51)61(57)67-37-27-23-19-15-11-7-3/h29-34,39-42,47-48H,5-28,35-38,43-46H2,1-4H3. The molecule has 4 aromatic carbocycles. The number of carbonyl (C=O) groups is 2. The fraction of sp³-hybridized carbons (Fsp3) is 0.581. The Labute approximate surface area is 412 Å². The number of rotatable bonds is 34.